The molecule has 7 heteroatoms. The van der Waals surface area contributed by atoms with Gasteiger partial charge in [0.25, 0.3) is 0 Å². The van der Waals surface area contributed by atoms with Crippen molar-refractivity contribution in [1.82, 2.24) is 20.2 Å². The average molecular weight is 256 g/mol. The van der Waals surface area contributed by atoms with Crippen LogP contribution in [0.5, 0.6) is 0 Å². The number of nitrogens with zero attached hydrogens (tertiary/aromatic N) is 4. The Morgan fingerprint density at radius 3 is 2.72 bits per heavy atom. The zero-order chi connectivity index (χ0) is 13.8. The fourth-order valence-electron chi connectivity index (χ4n) is 1.68. The molecule has 0 bridgehead atoms. The Balaban J connectivity index is 2.84. The maximum atomic E-state index is 10.7. The van der Waals surface area contributed by atoms with E-state index in [0.717, 1.165) is 6.42 Å². The van der Waals surface area contributed by atoms with Gasteiger partial charge in [0, 0.05) is 20.1 Å². The Hall–Kier alpha value is -1.50. The number of methoxy groups -OCH3 is 1. The first-order chi connectivity index (χ1) is 8.40. The van der Waals surface area contributed by atoms with Crippen molar-refractivity contribution >= 4 is 5.97 Å². The molecule has 0 spiro atoms. The summed E-state index contributed by atoms with van der Waals surface area (Å²) in [5.41, 5.74) is -0.592. The van der Waals surface area contributed by atoms with Crippen LogP contribution in [0, 0.1) is 5.92 Å². The molecule has 1 rings (SSSR count). The highest BCUT2D eigenvalue weighted by Gasteiger charge is 2.28. The van der Waals surface area contributed by atoms with E-state index in [2.05, 4.69) is 15.5 Å². The predicted molar refractivity (Wildman–Crippen MR) is 63.9 cm³/mol. The van der Waals surface area contributed by atoms with Crippen LogP contribution in [0.25, 0.3) is 0 Å². The summed E-state index contributed by atoms with van der Waals surface area (Å²) in [4.78, 5) is 10.7. The van der Waals surface area contributed by atoms with E-state index in [0.29, 0.717) is 12.4 Å². The normalized spacial score (nSPS) is 13.6. The number of carboxylic acids is 1. The van der Waals surface area contributed by atoms with Gasteiger partial charge in [0.1, 0.15) is 5.60 Å². The molecule has 0 radical (unpaired) electrons. The van der Waals surface area contributed by atoms with Gasteiger partial charge in [-0.05, 0) is 30.2 Å². The van der Waals surface area contributed by atoms with Crippen molar-refractivity contribution in [3.63, 3.8) is 0 Å². The monoisotopic (exact) mass is 256 g/mol. The van der Waals surface area contributed by atoms with E-state index < -0.39 is 11.6 Å². The highest BCUT2D eigenvalue weighted by molar-refractivity contribution is 5.66. The van der Waals surface area contributed by atoms with Gasteiger partial charge in [-0.2, -0.15) is 0 Å². The largest absolute Gasteiger partial charge is 0.481 e. The van der Waals surface area contributed by atoms with E-state index >= 15 is 0 Å². The van der Waals surface area contributed by atoms with Gasteiger partial charge in [0.05, 0.1) is 0 Å². The maximum Gasteiger partial charge on any atom is 0.303 e. The van der Waals surface area contributed by atoms with Crippen LogP contribution in [0.3, 0.4) is 0 Å². The number of hydrogen-bond acceptors (Lipinski definition) is 5. The molecule has 102 valence electrons. The lowest BCUT2D eigenvalue weighted by molar-refractivity contribution is -0.138. The fourth-order valence-corrected chi connectivity index (χ4v) is 1.68. The summed E-state index contributed by atoms with van der Waals surface area (Å²) < 4.78 is 6.96. The second-order valence-corrected chi connectivity index (χ2v) is 4.77. The minimum atomic E-state index is -0.803. The Kier molecular flexibility index (Phi) is 4.77. The Morgan fingerprint density at radius 2 is 2.22 bits per heavy atom. The summed E-state index contributed by atoms with van der Waals surface area (Å²) in [5, 5.41) is 20.3. The highest BCUT2D eigenvalue weighted by Crippen LogP contribution is 2.22. The molecule has 0 saturated heterocycles. The summed E-state index contributed by atoms with van der Waals surface area (Å²) in [6, 6.07) is 0. The number of carboxylic acid groups (broad SMARTS) is 1. The van der Waals surface area contributed by atoms with Crippen molar-refractivity contribution in [2.75, 3.05) is 7.11 Å². The van der Waals surface area contributed by atoms with Crippen molar-refractivity contribution < 1.29 is 14.6 Å². The Bertz CT molecular complexity index is 403. The molecule has 1 aromatic rings. The van der Waals surface area contributed by atoms with E-state index in [-0.39, 0.29) is 12.3 Å². The van der Waals surface area contributed by atoms with Gasteiger partial charge in [-0.25, -0.2) is 4.68 Å². The average Bonchev–Trinajstić information content (AvgIpc) is 2.76. The van der Waals surface area contributed by atoms with E-state index in [9.17, 15) is 4.79 Å². The number of tetrazole rings is 1. The van der Waals surface area contributed by atoms with Gasteiger partial charge >= 0.3 is 5.97 Å². The van der Waals surface area contributed by atoms with Gasteiger partial charge in [0.15, 0.2) is 5.82 Å². The molecule has 0 aliphatic heterocycles. The Morgan fingerprint density at radius 1 is 1.56 bits per heavy atom. The molecule has 1 atom stereocenters. The third-order valence-electron chi connectivity index (χ3n) is 3.05. The summed E-state index contributed by atoms with van der Waals surface area (Å²) in [7, 11) is 1.59. The zero-order valence-corrected chi connectivity index (χ0v) is 11.3. The van der Waals surface area contributed by atoms with Crippen LogP contribution in [-0.2, 0) is 21.7 Å². The predicted octanol–water partition coefficient (Wildman–Crippen LogP) is 1.06. The van der Waals surface area contributed by atoms with Crippen molar-refractivity contribution in [1.29, 1.82) is 0 Å². The minimum Gasteiger partial charge on any atom is -0.481 e. The van der Waals surface area contributed by atoms with Gasteiger partial charge < -0.3 is 9.84 Å². The van der Waals surface area contributed by atoms with Crippen molar-refractivity contribution in [3.8, 4) is 0 Å². The number of carbonyl (C=O) groups is 1. The molecule has 1 heterocycles. The van der Waals surface area contributed by atoms with E-state index in [1.807, 2.05) is 20.8 Å². The standard InChI is InChI=1S/C11H20N4O3/c1-5-8(6-9(16)17)7-15-10(12-13-14-15)11(2,3)18-4/h8H,5-7H2,1-4H3,(H,16,17). The van der Waals surface area contributed by atoms with Crippen LogP contribution in [0.2, 0.25) is 0 Å². The third-order valence-corrected chi connectivity index (χ3v) is 3.05. The summed E-state index contributed by atoms with van der Waals surface area (Å²) >= 11 is 0. The SMILES string of the molecule is CCC(CC(=O)O)Cn1nnnc1C(C)(C)OC. The first-order valence-corrected chi connectivity index (χ1v) is 5.94. The molecular weight excluding hydrogens is 236 g/mol. The molecule has 18 heavy (non-hydrogen) atoms. The number of aromatic nitrogens is 4. The summed E-state index contributed by atoms with van der Waals surface area (Å²) in [5.74, 6) is -0.186. The van der Waals surface area contributed by atoms with Gasteiger partial charge in [-0.3, -0.25) is 4.79 Å². The molecule has 1 N–H and O–H groups in total. The lowest BCUT2D eigenvalue weighted by atomic mass is 10.0. The fraction of sp³-hybridized carbons (Fsp3) is 0.818. The molecule has 7 nitrogen and oxygen atoms in total. The highest BCUT2D eigenvalue weighted by atomic mass is 16.5. The van der Waals surface area contributed by atoms with E-state index in [1.54, 1.807) is 11.8 Å². The lowest BCUT2D eigenvalue weighted by Gasteiger charge is -2.22. The van der Waals surface area contributed by atoms with Crippen LogP contribution in [0.4, 0.5) is 0 Å². The number of hydrogen-bond donors (Lipinski definition) is 1. The van der Waals surface area contributed by atoms with Crippen molar-refractivity contribution in [2.45, 2.75) is 45.8 Å². The summed E-state index contributed by atoms with van der Waals surface area (Å²) in [6.45, 7) is 6.18. The molecular formula is C11H20N4O3. The van der Waals surface area contributed by atoms with Crippen LogP contribution >= 0.6 is 0 Å². The molecule has 1 aromatic heterocycles. The summed E-state index contributed by atoms with van der Waals surface area (Å²) in [6.07, 6.45) is 0.877. The lowest BCUT2D eigenvalue weighted by Crippen LogP contribution is -2.27. The van der Waals surface area contributed by atoms with Gasteiger partial charge in [0.2, 0.25) is 0 Å². The minimum absolute atomic E-state index is 0.0115. The van der Waals surface area contributed by atoms with Gasteiger partial charge in [-0.1, -0.05) is 13.3 Å². The van der Waals surface area contributed by atoms with Crippen LogP contribution in [-0.4, -0.2) is 38.4 Å². The first kappa shape index (κ1) is 14.6. The first-order valence-electron chi connectivity index (χ1n) is 5.94. The topological polar surface area (TPSA) is 90.1 Å². The molecule has 0 fully saturated rings. The molecule has 0 aliphatic carbocycles. The van der Waals surface area contributed by atoms with Crippen LogP contribution in [0.15, 0.2) is 0 Å². The van der Waals surface area contributed by atoms with Crippen LogP contribution < -0.4 is 0 Å². The molecule has 0 saturated carbocycles. The number of aliphatic carboxylic acids is 1. The van der Waals surface area contributed by atoms with Crippen LogP contribution in [0.1, 0.15) is 39.4 Å². The molecule has 0 aliphatic rings. The van der Waals surface area contributed by atoms with Crippen molar-refractivity contribution in [3.05, 3.63) is 5.82 Å². The van der Waals surface area contributed by atoms with Gasteiger partial charge in [-0.15, -0.1) is 5.10 Å². The van der Waals surface area contributed by atoms with Crippen molar-refractivity contribution in [2.24, 2.45) is 5.92 Å². The second-order valence-electron chi connectivity index (χ2n) is 4.77. The number of rotatable bonds is 7. The Labute approximate surface area is 106 Å². The third kappa shape index (κ3) is 3.49. The maximum absolute atomic E-state index is 10.7. The molecule has 0 aromatic carbocycles. The molecule has 1 unspecified atom stereocenters. The second kappa shape index (κ2) is 5.90. The van der Waals surface area contributed by atoms with E-state index in [1.165, 1.54) is 0 Å². The molecule has 0 amide bonds. The number of ether oxygens (including phenoxy) is 1. The van der Waals surface area contributed by atoms with E-state index in [4.69, 9.17) is 9.84 Å². The zero-order valence-electron chi connectivity index (χ0n) is 11.3. The quantitative estimate of drug-likeness (QED) is 0.784. The smallest absolute Gasteiger partial charge is 0.303 e.